The van der Waals surface area contributed by atoms with Gasteiger partial charge in [0.25, 0.3) is 0 Å². The number of rotatable bonds is 2. The third-order valence-corrected chi connectivity index (χ3v) is 10.8. The van der Waals surface area contributed by atoms with Crippen molar-refractivity contribution in [2.24, 2.45) is 0 Å². The van der Waals surface area contributed by atoms with Crippen LogP contribution in [0.15, 0.2) is 168 Å². The summed E-state index contributed by atoms with van der Waals surface area (Å²) < 4.78 is 0. The summed E-state index contributed by atoms with van der Waals surface area (Å²) in [5, 5.41) is 12.9. The highest BCUT2D eigenvalue weighted by Crippen LogP contribution is 2.50. The SMILES string of the molecule is c1ccc2c(c1)Sc1ccc(-c3ccc4cc5c(ccc6ccccc65)c(-c5cccc6ccccc56)c4c3)c3cccc-2c13. The van der Waals surface area contributed by atoms with E-state index in [2.05, 4.69) is 158 Å². The van der Waals surface area contributed by atoms with Gasteiger partial charge in [0.2, 0.25) is 0 Å². The average Bonchev–Trinajstić information content (AvgIpc) is 3.10. The van der Waals surface area contributed by atoms with Crippen LogP contribution in [0.5, 0.6) is 0 Å². The molecule has 0 aromatic heterocycles. The van der Waals surface area contributed by atoms with Crippen molar-refractivity contribution in [2.75, 3.05) is 0 Å². The molecule has 45 heavy (non-hydrogen) atoms. The Balaban J connectivity index is 1.30. The maximum absolute atomic E-state index is 2.44. The molecule has 1 heterocycles. The molecule has 9 aromatic carbocycles. The van der Waals surface area contributed by atoms with Crippen LogP contribution in [-0.4, -0.2) is 0 Å². The lowest BCUT2D eigenvalue weighted by Crippen LogP contribution is -1.94. The zero-order chi connectivity index (χ0) is 29.5. The second-order valence-electron chi connectivity index (χ2n) is 12.0. The van der Waals surface area contributed by atoms with Gasteiger partial charge in [-0.25, -0.2) is 0 Å². The van der Waals surface area contributed by atoms with Crippen molar-refractivity contribution < 1.29 is 0 Å². The monoisotopic (exact) mass is 586 g/mol. The molecule has 0 fully saturated rings. The summed E-state index contributed by atoms with van der Waals surface area (Å²) in [6, 6.07) is 58.6. The fraction of sp³-hybridized carbons (Fsp3) is 0. The molecule has 0 bridgehead atoms. The van der Waals surface area contributed by atoms with E-state index in [0.717, 1.165) is 0 Å². The molecule has 1 heteroatoms. The second-order valence-corrected chi connectivity index (χ2v) is 13.1. The number of benzene rings is 9. The van der Waals surface area contributed by atoms with Crippen molar-refractivity contribution in [3.05, 3.63) is 158 Å². The fourth-order valence-electron chi connectivity index (χ4n) is 7.60. The first-order valence-corrected chi connectivity index (χ1v) is 16.3. The van der Waals surface area contributed by atoms with Crippen LogP contribution in [0, 0.1) is 0 Å². The number of fused-ring (bicyclic) bond motifs is 7. The summed E-state index contributed by atoms with van der Waals surface area (Å²) in [5.41, 5.74) is 7.76. The van der Waals surface area contributed by atoms with Gasteiger partial charge in [-0.3, -0.25) is 0 Å². The van der Waals surface area contributed by atoms with Crippen molar-refractivity contribution in [1.29, 1.82) is 0 Å². The molecular weight excluding hydrogens is 561 g/mol. The van der Waals surface area contributed by atoms with Gasteiger partial charge >= 0.3 is 0 Å². The lowest BCUT2D eigenvalue weighted by Gasteiger charge is -2.22. The van der Waals surface area contributed by atoms with Crippen molar-refractivity contribution >= 4 is 65.6 Å². The van der Waals surface area contributed by atoms with Crippen molar-refractivity contribution in [2.45, 2.75) is 9.79 Å². The summed E-state index contributed by atoms with van der Waals surface area (Å²) in [6.45, 7) is 0. The van der Waals surface area contributed by atoms with Gasteiger partial charge in [0, 0.05) is 15.2 Å². The van der Waals surface area contributed by atoms with Gasteiger partial charge in [-0.1, -0.05) is 145 Å². The first-order chi connectivity index (χ1) is 22.3. The van der Waals surface area contributed by atoms with E-state index in [4.69, 9.17) is 0 Å². The van der Waals surface area contributed by atoms with E-state index in [0.29, 0.717) is 0 Å². The predicted molar refractivity (Wildman–Crippen MR) is 194 cm³/mol. The first-order valence-electron chi connectivity index (χ1n) is 15.5. The summed E-state index contributed by atoms with van der Waals surface area (Å²) >= 11 is 1.88. The van der Waals surface area contributed by atoms with E-state index >= 15 is 0 Å². The summed E-state index contributed by atoms with van der Waals surface area (Å²) in [7, 11) is 0. The Bertz CT molecular complexity index is 2670. The van der Waals surface area contributed by atoms with Gasteiger partial charge in [-0.05, 0) is 106 Å². The minimum absolute atomic E-state index is 1.25. The van der Waals surface area contributed by atoms with Crippen molar-refractivity contribution in [3.63, 3.8) is 0 Å². The standard InChI is InChI=1S/C44H26S/c1-3-12-31-27(9-1)11-7-15-35(31)43-38-22-21-28-10-2-4-13-32(28)40(38)26-30-20-19-29(25-39(30)43)33-23-24-42-44-36(33)16-8-17-37(44)34-14-5-6-18-41(34)45-42/h1-26H. The summed E-state index contributed by atoms with van der Waals surface area (Å²) in [5.74, 6) is 0. The van der Waals surface area contributed by atoms with Crippen LogP contribution < -0.4 is 0 Å². The molecule has 0 spiro atoms. The largest absolute Gasteiger partial charge is 0.0888 e. The minimum atomic E-state index is 1.25. The summed E-state index contributed by atoms with van der Waals surface area (Å²) in [6.07, 6.45) is 0. The van der Waals surface area contributed by atoms with E-state index in [1.807, 2.05) is 11.8 Å². The molecule has 1 aliphatic heterocycles. The van der Waals surface area contributed by atoms with Crippen LogP contribution in [0.2, 0.25) is 0 Å². The van der Waals surface area contributed by atoms with Crippen LogP contribution >= 0.6 is 11.8 Å². The third kappa shape index (κ3) is 3.68. The molecule has 0 saturated heterocycles. The lowest BCUT2D eigenvalue weighted by atomic mass is 9.86. The highest BCUT2D eigenvalue weighted by molar-refractivity contribution is 7.99. The molecule has 0 amide bonds. The molecule has 0 unspecified atom stereocenters. The highest BCUT2D eigenvalue weighted by Gasteiger charge is 2.21. The van der Waals surface area contributed by atoms with Gasteiger partial charge in [0.1, 0.15) is 0 Å². The molecule has 0 aliphatic carbocycles. The molecule has 1 aliphatic rings. The third-order valence-electron chi connectivity index (χ3n) is 9.63. The van der Waals surface area contributed by atoms with Crippen LogP contribution in [0.3, 0.4) is 0 Å². The predicted octanol–water partition coefficient (Wildman–Crippen LogP) is 12.9. The van der Waals surface area contributed by atoms with E-state index in [1.165, 1.54) is 97.0 Å². The molecule has 0 N–H and O–H groups in total. The molecule has 208 valence electrons. The van der Waals surface area contributed by atoms with Crippen LogP contribution in [0.4, 0.5) is 0 Å². The zero-order valence-corrected chi connectivity index (χ0v) is 25.2. The van der Waals surface area contributed by atoms with Crippen molar-refractivity contribution in [3.8, 4) is 33.4 Å². The molecule has 10 rings (SSSR count). The van der Waals surface area contributed by atoms with E-state index in [9.17, 15) is 0 Å². The number of hydrogen-bond acceptors (Lipinski definition) is 1. The minimum Gasteiger partial charge on any atom is -0.0888 e. The zero-order valence-electron chi connectivity index (χ0n) is 24.4. The normalized spacial score (nSPS) is 12.4. The topological polar surface area (TPSA) is 0 Å². The maximum Gasteiger partial charge on any atom is 0.0207 e. The van der Waals surface area contributed by atoms with Crippen LogP contribution in [0.25, 0.3) is 87.2 Å². The highest BCUT2D eigenvalue weighted by atomic mass is 32.2. The Morgan fingerprint density at radius 2 is 1.00 bits per heavy atom. The Morgan fingerprint density at radius 3 is 1.93 bits per heavy atom. The maximum atomic E-state index is 2.44. The van der Waals surface area contributed by atoms with Gasteiger partial charge in [0.15, 0.2) is 0 Å². The van der Waals surface area contributed by atoms with Crippen molar-refractivity contribution in [1.82, 2.24) is 0 Å². The molecule has 0 atom stereocenters. The Hall–Kier alpha value is -5.37. The first kappa shape index (κ1) is 25.0. The Morgan fingerprint density at radius 1 is 0.311 bits per heavy atom. The fourth-order valence-corrected chi connectivity index (χ4v) is 8.73. The van der Waals surface area contributed by atoms with Crippen LogP contribution in [0.1, 0.15) is 0 Å². The second kappa shape index (κ2) is 9.56. The Kier molecular flexibility index (Phi) is 5.31. The average molecular weight is 587 g/mol. The quantitative estimate of drug-likeness (QED) is 0.143. The van der Waals surface area contributed by atoms with Gasteiger partial charge < -0.3 is 0 Å². The molecule has 0 nitrogen and oxygen atoms in total. The lowest BCUT2D eigenvalue weighted by molar-refractivity contribution is 1.40. The molecule has 9 aromatic rings. The van der Waals surface area contributed by atoms with Gasteiger partial charge in [-0.15, -0.1) is 0 Å². The smallest absolute Gasteiger partial charge is 0.0207 e. The van der Waals surface area contributed by atoms with E-state index < -0.39 is 0 Å². The molecule has 0 saturated carbocycles. The van der Waals surface area contributed by atoms with Gasteiger partial charge in [0.05, 0.1) is 0 Å². The van der Waals surface area contributed by atoms with E-state index in [1.54, 1.807) is 0 Å². The molecular formula is C44H26S. The summed E-state index contributed by atoms with van der Waals surface area (Å²) in [4.78, 5) is 2.66. The van der Waals surface area contributed by atoms with Crippen LogP contribution in [-0.2, 0) is 0 Å². The van der Waals surface area contributed by atoms with E-state index in [-0.39, 0.29) is 0 Å². The number of hydrogen-bond donors (Lipinski definition) is 0. The molecule has 0 radical (unpaired) electrons. The van der Waals surface area contributed by atoms with Gasteiger partial charge in [-0.2, -0.15) is 0 Å². The Labute approximate surface area is 265 Å².